The third kappa shape index (κ3) is 11.5. The Hall–Kier alpha value is -5.27. The van der Waals surface area contributed by atoms with Crippen molar-refractivity contribution < 1.29 is 47.9 Å². The number of ether oxygens (including phenoxy) is 2. The first kappa shape index (κ1) is 37.2. The van der Waals surface area contributed by atoms with Gasteiger partial charge in [-0.1, -0.05) is 49.9 Å². The number of unbranched alkanes of at least 4 members (excludes halogenated alkanes) is 2. The van der Waals surface area contributed by atoms with Crippen molar-refractivity contribution in [3.63, 3.8) is 0 Å². The number of hydrogen-bond acceptors (Lipinski definition) is 10. The molecular formula is C34H42N4O10. The molecule has 14 nitrogen and oxygen atoms in total. The molecule has 0 aliphatic heterocycles. The van der Waals surface area contributed by atoms with Gasteiger partial charge in [-0.2, -0.15) is 5.06 Å². The highest BCUT2D eigenvalue weighted by Gasteiger charge is 2.31. The molecule has 1 fully saturated rings. The lowest BCUT2D eigenvalue weighted by Gasteiger charge is -2.32. The zero-order chi connectivity index (χ0) is 35.1. The number of hydrogen-bond donors (Lipinski definition) is 2. The molecule has 3 N–H and O–H groups in total. The van der Waals surface area contributed by atoms with E-state index in [4.69, 9.17) is 20.0 Å². The summed E-state index contributed by atoms with van der Waals surface area (Å²) in [5, 5.41) is 3.79. The van der Waals surface area contributed by atoms with Crippen molar-refractivity contribution in [2.75, 3.05) is 13.1 Å². The molecule has 0 spiro atoms. The maximum absolute atomic E-state index is 13.3. The van der Waals surface area contributed by atoms with Crippen LogP contribution in [0.3, 0.4) is 0 Å². The van der Waals surface area contributed by atoms with Gasteiger partial charge in [0.25, 0.3) is 11.8 Å². The lowest BCUT2D eigenvalue weighted by atomic mass is 9.95. The predicted molar refractivity (Wildman–Crippen MR) is 171 cm³/mol. The second-order valence-corrected chi connectivity index (χ2v) is 11.3. The Morgan fingerprint density at radius 2 is 1.48 bits per heavy atom. The van der Waals surface area contributed by atoms with Crippen LogP contribution in [-0.2, 0) is 24.0 Å². The van der Waals surface area contributed by atoms with E-state index in [0.29, 0.717) is 37.7 Å². The zero-order valence-corrected chi connectivity index (χ0v) is 27.2. The number of urea groups is 1. The second-order valence-electron chi connectivity index (χ2n) is 11.3. The van der Waals surface area contributed by atoms with Crippen LogP contribution >= 0.6 is 0 Å². The number of nitrogens with one attached hydrogen (secondary N) is 1. The number of carbonyl (C=O) groups is 7. The number of hydroxylamine groups is 2. The Morgan fingerprint density at radius 3 is 2.12 bits per heavy atom. The number of primary amides is 1. The summed E-state index contributed by atoms with van der Waals surface area (Å²) in [4.78, 5) is 93.1. The molecule has 14 heteroatoms. The Kier molecular flexibility index (Phi) is 14.5. The average Bonchev–Trinajstić information content (AvgIpc) is 3.05. The van der Waals surface area contributed by atoms with E-state index < -0.39 is 41.7 Å². The summed E-state index contributed by atoms with van der Waals surface area (Å²) in [5.74, 6) is -3.91. The van der Waals surface area contributed by atoms with Crippen molar-refractivity contribution in [3.05, 3.63) is 59.7 Å². The molecule has 0 bridgehead atoms. The number of carbonyl (C=O) groups excluding carboxylic acids is 7. The standard InChI is InChI=1S/C34H42N4O10/c1-23(39)46-28-18-12-17-27(31(28)47-24(2)40)32(43)36-21-11-5-10-19-29(41)37(34(35)45)22-20-30(42)38(26-15-8-4-9-16-26)48-33(44)25-13-6-3-7-14-25/h3,6-7,12-14,17-18,26H,4-5,8-11,15-16,19-22H2,1-2H3,(H2,35,45)(H,36,43). The van der Waals surface area contributed by atoms with Crippen molar-refractivity contribution in [3.8, 4) is 11.5 Å². The number of rotatable bonds is 14. The molecule has 48 heavy (non-hydrogen) atoms. The summed E-state index contributed by atoms with van der Waals surface area (Å²) >= 11 is 0. The molecule has 2 aromatic rings. The average molecular weight is 667 g/mol. The maximum Gasteiger partial charge on any atom is 0.363 e. The van der Waals surface area contributed by atoms with E-state index in [2.05, 4.69) is 5.32 Å². The zero-order valence-electron chi connectivity index (χ0n) is 27.2. The first-order valence-electron chi connectivity index (χ1n) is 15.9. The lowest BCUT2D eigenvalue weighted by molar-refractivity contribution is -0.180. The van der Waals surface area contributed by atoms with Crippen molar-refractivity contribution in [2.45, 2.75) is 84.1 Å². The van der Waals surface area contributed by atoms with Crippen LogP contribution in [0.4, 0.5) is 4.79 Å². The number of imide groups is 1. The van der Waals surface area contributed by atoms with Crippen LogP contribution in [-0.4, -0.2) is 70.8 Å². The number of nitrogens with zero attached hydrogens (tertiary/aromatic N) is 2. The number of nitrogens with two attached hydrogens (primary N) is 1. The molecule has 0 atom stereocenters. The second kappa shape index (κ2) is 18.8. The predicted octanol–water partition coefficient (Wildman–Crippen LogP) is 4.06. The van der Waals surface area contributed by atoms with Crippen molar-refractivity contribution >= 4 is 41.7 Å². The molecule has 1 saturated carbocycles. The van der Waals surface area contributed by atoms with Gasteiger partial charge in [-0.3, -0.25) is 28.9 Å². The Bertz CT molecular complexity index is 1470. The maximum atomic E-state index is 13.3. The van der Waals surface area contributed by atoms with Gasteiger partial charge >= 0.3 is 23.9 Å². The minimum Gasteiger partial charge on any atom is -0.423 e. The van der Waals surface area contributed by atoms with Crippen molar-refractivity contribution in [2.24, 2.45) is 5.73 Å². The van der Waals surface area contributed by atoms with Crippen molar-refractivity contribution in [1.29, 1.82) is 0 Å². The fourth-order valence-corrected chi connectivity index (χ4v) is 5.23. The molecule has 1 aliphatic rings. The first-order chi connectivity index (χ1) is 23.0. The summed E-state index contributed by atoms with van der Waals surface area (Å²) in [6.07, 6.45) is 5.17. The number of amides is 5. The molecular weight excluding hydrogens is 624 g/mol. The Labute approximate surface area is 278 Å². The smallest absolute Gasteiger partial charge is 0.363 e. The van der Waals surface area contributed by atoms with Gasteiger partial charge in [0.15, 0.2) is 11.5 Å². The van der Waals surface area contributed by atoms with E-state index in [1.807, 2.05) is 0 Å². The van der Waals surface area contributed by atoms with Crippen LogP contribution in [0.25, 0.3) is 0 Å². The SMILES string of the molecule is CC(=O)Oc1cccc(C(=O)NCCCCCC(=O)N(CCC(=O)N(OC(=O)c2ccccc2)C2CCCCC2)C(N)=O)c1OC(C)=O. The van der Waals surface area contributed by atoms with Gasteiger partial charge in [-0.15, -0.1) is 0 Å². The largest absolute Gasteiger partial charge is 0.423 e. The molecule has 0 heterocycles. The highest BCUT2D eigenvalue weighted by Crippen LogP contribution is 2.32. The highest BCUT2D eigenvalue weighted by atomic mass is 16.7. The molecule has 258 valence electrons. The van der Waals surface area contributed by atoms with E-state index in [1.165, 1.54) is 25.1 Å². The quantitative estimate of drug-likeness (QED) is 0.129. The fraction of sp³-hybridized carbons (Fsp3) is 0.441. The summed E-state index contributed by atoms with van der Waals surface area (Å²) < 4.78 is 10.2. The third-order valence-electron chi connectivity index (χ3n) is 7.54. The minimum atomic E-state index is -0.995. The Balaban J connectivity index is 1.49. The van der Waals surface area contributed by atoms with Gasteiger partial charge in [-0.25, -0.2) is 9.59 Å². The van der Waals surface area contributed by atoms with E-state index in [9.17, 15) is 33.6 Å². The van der Waals surface area contributed by atoms with Gasteiger partial charge in [0.05, 0.1) is 17.2 Å². The molecule has 0 saturated heterocycles. The van der Waals surface area contributed by atoms with Crippen LogP contribution in [0, 0.1) is 0 Å². The van der Waals surface area contributed by atoms with Gasteiger partial charge in [-0.05, 0) is 49.9 Å². The molecule has 3 rings (SSSR count). The van der Waals surface area contributed by atoms with E-state index in [0.717, 1.165) is 36.1 Å². The normalized spacial score (nSPS) is 12.7. The lowest BCUT2D eigenvalue weighted by Crippen LogP contribution is -2.46. The third-order valence-corrected chi connectivity index (χ3v) is 7.54. The molecule has 0 aromatic heterocycles. The van der Waals surface area contributed by atoms with Crippen LogP contribution in [0.1, 0.15) is 98.8 Å². The van der Waals surface area contributed by atoms with Gasteiger partial charge in [0.1, 0.15) is 0 Å². The summed E-state index contributed by atoms with van der Waals surface area (Å²) in [6.45, 7) is 2.28. The molecule has 0 unspecified atom stereocenters. The summed E-state index contributed by atoms with van der Waals surface area (Å²) in [6, 6.07) is 11.3. The molecule has 1 aliphatic carbocycles. The molecule has 2 aromatic carbocycles. The number of esters is 2. The number of benzene rings is 2. The fourth-order valence-electron chi connectivity index (χ4n) is 5.23. The van der Waals surface area contributed by atoms with Crippen LogP contribution in [0.2, 0.25) is 0 Å². The molecule has 0 radical (unpaired) electrons. The minimum absolute atomic E-state index is 0.00246. The van der Waals surface area contributed by atoms with Gasteiger partial charge in [0, 0.05) is 39.8 Å². The number of para-hydroxylation sites is 1. The van der Waals surface area contributed by atoms with Crippen LogP contribution < -0.4 is 20.5 Å². The highest BCUT2D eigenvalue weighted by molar-refractivity contribution is 5.99. The summed E-state index contributed by atoms with van der Waals surface area (Å²) in [7, 11) is 0. The first-order valence-corrected chi connectivity index (χ1v) is 15.9. The van der Waals surface area contributed by atoms with Gasteiger partial charge < -0.3 is 25.4 Å². The monoisotopic (exact) mass is 666 g/mol. The van der Waals surface area contributed by atoms with Gasteiger partial charge in [0.2, 0.25) is 5.91 Å². The van der Waals surface area contributed by atoms with Crippen LogP contribution in [0.15, 0.2) is 48.5 Å². The van der Waals surface area contributed by atoms with E-state index in [-0.39, 0.29) is 49.0 Å². The molecule has 5 amide bonds. The Morgan fingerprint density at radius 1 is 0.792 bits per heavy atom. The van der Waals surface area contributed by atoms with Crippen molar-refractivity contribution in [1.82, 2.24) is 15.3 Å². The van der Waals surface area contributed by atoms with E-state index >= 15 is 0 Å². The topological polar surface area (TPSA) is 192 Å². The van der Waals surface area contributed by atoms with E-state index in [1.54, 1.807) is 30.3 Å². The van der Waals surface area contributed by atoms with Crippen LogP contribution in [0.5, 0.6) is 11.5 Å². The summed E-state index contributed by atoms with van der Waals surface area (Å²) in [5.41, 5.74) is 5.76.